The largest absolute Gasteiger partial charge is 0.497 e. The average Bonchev–Trinajstić information content (AvgIpc) is 3.01. The second kappa shape index (κ2) is 8.57. The Morgan fingerprint density at radius 1 is 1.19 bits per heavy atom. The second-order valence-electron chi connectivity index (χ2n) is 4.84. The molecule has 0 saturated carbocycles. The molecule has 2 rings (SSSR count). The number of H-pyrrole nitrogens is 1. The standard InChI is InChI=1S/C16H21ClN2O2/c1-20-13-7-8-15(14(17)12-13)21-11-5-3-2-4-6-16-18-9-10-19-16/h7-10,12H,2-6,11H2,1H3,(H,18,19). The maximum absolute atomic E-state index is 6.11. The van der Waals surface area contributed by atoms with Crippen molar-refractivity contribution >= 4 is 11.6 Å². The Kier molecular flexibility index (Phi) is 6.41. The molecule has 1 heterocycles. The van der Waals surface area contributed by atoms with E-state index in [2.05, 4.69) is 9.97 Å². The lowest BCUT2D eigenvalue weighted by Gasteiger charge is -2.09. The van der Waals surface area contributed by atoms with Crippen LogP contribution in [-0.2, 0) is 6.42 Å². The zero-order chi connectivity index (χ0) is 14.9. The van der Waals surface area contributed by atoms with Gasteiger partial charge in [0.2, 0.25) is 0 Å². The summed E-state index contributed by atoms with van der Waals surface area (Å²) in [5, 5.41) is 0.590. The molecular weight excluding hydrogens is 288 g/mol. The van der Waals surface area contributed by atoms with Gasteiger partial charge in [-0.05, 0) is 25.0 Å². The predicted octanol–water partition coefficient (Wildman–Crippen LogP) is 4.25. The van der Waals surface area contributed by atoms with E-state index in [0.29, 0.717) is 17.4 Å². The zero-order valence-corrected chi connectivity index (χ0v) is 13.0. The molecule has 4 nitrogen and oxygen atoms in total. The molecular formula is C16H21ClN2O2. The lowest BCUT2D eigenvalue weighted by molar-refractivity contribution is 0.304. The number of rotatable bonds is 9. The van der Waals surface area contributed by atoms with Crippen molar-refractivity contribution in [1.82, 2.24) is 9.97 Å². The first-order chi connectivity index (χ1) is 10.3. The van der Waals surface area contributed by atoms with Crippen LogP contribution in [0.5, 0.6) is 11.5 Å². The summed E-state index contributed by atoms with van der Waals surface area (Å²) in [5.74, 6) is 2.52. The van der Waals surface area contributed by atoms with Crippen molar-refractivity contribution in [3.05, 3.63) is 41.4 Å². The summed E-state index contributed by atoms with van der Waals surface area (Å²) in [6, 6.07) is 5.46. The number of benzene rings is 1. The van der Waals surface area contributed by atoms with Crippen LogP contribution in [0.15, 0.2) is 30.6 Å². The van der Waals surface area contributed by atoms with E-state index in [0.717, 1.165) is 37.3 Å². The van der Waals surface area contributed by atoms with E-state index in [4.69, 9.17) is 21.1 Å². The Balaban J connectivity index is 1.57. The first-order valence-electron chi connectivity index (χ1n) is 7.24. The monoisotopic (exact) mass is 308 g/mol. The molecule has 0 unspecified atom stereocenters. The number of nitrogens with one attached hydrogen (secondary N) is 1. The van der Waals surface area contributed by atoms with Crippen molar-refractivity contribution in [3.63, 3.8) is 0 Å². The minimum atomic E-state index is 0.590. The molecule has 0 aliphatic heterocycles. The van der Waals surface area contributed by atoms with E-state index in [1.54, 1.807) is 19.4 Å². The van der Waals surface area contributed by atoms with Gasteiger partial charge in [0.1, 0.15) is 17.3 Å². The molecule has 0 atom stereocenters. The summed E-state index contributed by atoms with van der Waals surface area (Å²) in [6.07, 6.45) is 9.17. The number of unbranched alkanes of at least 4 members (excludes halogenated alkanes) is 3. The molecule has 0 aliphatic rings. The number of aryl methyl sites for hydroxylation is 1. The van der Waals surface area contributed by atoms with Gasteiger partial charge in [0, 0.05) is 24.9 Å². The molecule has 0 bridgehead atoms. The predicted molar refractivity (Wildman–Crippen MR) is 84.3 cm³/mol. The van der Waals surface area contributed by atoms with Crippen LogP contribution in [-0.4, -0.2) is 23.7 Å². The summed E-state index contributed by atoms with van der Waals surface area (Å²) in [5.41, 5.74) is 0. The average molecular weight is 309 g/mol. The van der Waals surface area contributed by atoms with E-state index < -0.39 is 0 Å². The van der Waals surface area contributed by atoms with Crippen molar-refractivity contribution in [2.45, 2.75) is 32.1 Å². The highest BCUT2D eigenvalue weighted by atomic mass is 35.5. The zero-order valence-electron chi connectivity index (χ0n) is 12.3. The Morgan fingerprint density at radius 3 is 2.76 bits per heavy atom. The van der Waals surface area contributed by atoms with E-state index in [9.17, 15) is 0 Å². The Labute approximate surface area is 130 Å². The lowest BCUT2D eigenvalue weighted by atomic mass is 10.1. The number of imidazole rings is 1. The van der Waals surface area contributed by atoms with Crippen LogP contribution in [0.2, 0.25) is 5.02 Å². The quantitative estimate of drug-likeness (QED) is 0.704. The third-order valence-electron chi connectivity index (χ3n) is 3.26. The third-order valence-corrected chi connectivity index (χ3v) is 3.55. The summed E-state index contributed by atoms with van der Waals surface area (Å²) in [7, 11) is 1.62. The number of ether oxygens (including phenoxy) is 2. The van der Waals surface area contributed by atoms with Gasteiger partial charge in [-0.1, -0.05) is 24.4 Å². The molecule has 1 aromatic carbocycles. The van der Waals surface area contributed by atoms with Gasteiger partial charge >= 0.3 is 0 Å². The molecule has 1 N–H and O–H groups in total. The number of nitrogens with zero attached hydrogens (tertiary/aromatic N) is 1. The van der Waals surface area contributed by atoms with Gasteiger partial charge in [-0.3, -0.25) is 0 Å². The topological polar surface area (TPSA) is 47.1 Å². The molecule has 5 heteroatoms. The highest BCUT2D eigenvalue weighted by Crippen LogP contribution is 2.28. The molecule has 0 saturated heterocycles. The molecule has 1 aromatic heterocycles. The van der Waals surface area contributed by atoms with Crippen LogP contribution in [0.25, 0.3) is 0 Å². The molecule has 114 valence electrons. The fraction of sp³-hybridized carbons (Fsp3) is 0.438. The van der Waals surface area contributed by atoms with Crippen molar-refractivity contribution in [1.29, 1.82) is 0 Å². The van der Waals surface area contributed by atoms with Crippen LogP contribution in [0.1, 0.15) is 31.5 Å². The van der Waals surface area contributed by atoms with Crippen LogP contribution in [0.3, 0.4) is 0 Å². The number of halogens is 1. The van der Waals surface area contributed by atoms with Gasteiger partial charge < -0.3 is 14.5 Å². The second-order valence-corrected chi connectivity index (χ2v) is 5.25. The molecule has 0 amide bonds. The SMILES string of the molecule is COc1ccc(OCCCCCCc2ncc[nH]2)c(Cl)c1. The normalized spacial score (nSPS) is 10.6. The summed E-state index contributed by atoms with van der Waals surface area (Å²) < 4.78 is 10.8. The molecule has 0 spiro atoms. The van der Waals surface area contributed by atoms with Gasteiger partial charge in [0.25, 0.3) is 0 Å². The maximum atomic E-state index is 6.11. The lowest BCUT2D eigenvalue weighted by Crippen LogP contribution is -1.98. The summed E-state index contributed by atoms with van der Waals surface area (Å²) in [4.78, 5) is 7.32. The third kappa shape index (κ3) is 5.31. The highest BCUT2D eigenvalue weighted by Gasteiger charge is 2.03. The van der Waals surface area contributed by atoms with Crippen molar-refractivity contribution in [2.24, 2.45) is 0 Å². The van der Waals surface area contributed by atoms with Gasteiger partial charge in [0.05, 0.1) is 18.7 Å². The Morgan fingerprint density at radius 2 is 2.05 bits per heavy atom. The van der Waals surface area contributed by atoms with E-state index in [1.807, 2.05) is 18.3 Å². The van der Waals surface area contributed by atoms with E-state index in [-0.39, 0.29) is 0 Å². The van der Waals surface area contributed by atoms with Crippen LogP contribution in [0, 0.1) is 0 Å². The Hall–Kier alpha value is -1.68. The minimum absolute atomic E-state index is 0.590. The smallest absolute Gasteiger partial charge is 0.138 e. The molecule has 0 aliphatic carbocycles. The number of aromatic amines is 1. The van der Waals surface area contributed by atoms with Gasteiger partial charge in [-0.25, -0.2) is 4.98 Å². The van der Waals surface area contributed by atoms with Crippen LogP contribution in [0.4, 0.5) is 0 Å². The van der Waals surface area contributed by atoms with Gasteiger partial charge in [-0.2, -0.15) is 0 Å². The molecule has 0 radical (unpaired) electrons. The van der Waals surface area contributed by atoms with Crippen LogP contribution >= 0.6 is 11.6 Å². The number of hydrogen-bond donors (Lipinski definition) is 1. The van der Waals surface area contributed by atoms with Crippen molar-refractivity contribution in [2.75, 3.05) is 13.7 Å². The van der Waals surface area contributed by atoms with Crippen molar-refractivity contribution in [3.8, 4) is 11.5 Å². The van der Waals surface area contributed by atoms with Crippen LogP contribution < -0.4 is 9.47 Å². The first kappa shape index (κ1) is 15.7. The molecule has 0 fully saturated rings. The summed E-state index contributed by atoms with van der Waals surface area (Å²) in [6.45, 7) is 0.687. The van der Waals surface area contributed by atoms with Crippen molar-refractivity contribution < 1.29 is 9.47 Å². The Bertz CT molecular complexity index is 529. The summed E-state index contributed by atoms with van der Waals surface area (Å²) >= 11 is 6.11. The maximum Gasteiger partial charge on any atom is 0.138 e. The minimum Gasteiger partial charge on any atom is -0.497 e. The fourth-order valence-electron chi connectivity index (χ4n) is 2.09. The number of aromatic nitrogens is 2. The van der Waals surface area contributed by atoms with Gasteiger partial charge in [-0.15, -0.1) is 0 Å². The molecule has 21 heavy (non-hydrogen) atoms. The number of hydrogen-bond acceptors (Lipinski definition) is 3. The van der Waals surface area contributed by atoms with E-state index >= 15 is 0 Å². The fourth-order valence-corrected chi connectivity index (χ4v) is 2.32. The molecule has 2 aromatic rings. The first-order valence-corrected chi connectivity index (χ1v) is 7.62. The van der Waals surface area contributed by atoms with E-state index in [1.165, 1.54) is 6.42 Å². The number of methoxy groups -OCH3 is 1. The van der Waals surface area contributed by atoms with Gasteiger partial charge in [0.15, 0.2) is 0 Å². The highest BCUT2D eigenvalue weighted by molar-refractivity contribution is 6.32.